The first kappa shape index (κ1) is 23.2. The standard InChI is InChI=1S/C23H29ClO5/c1-5-8-14-27-21-20(29-22(26)17-10-12-18(24)13-11-17)19(25)16(4)23(21,7-3)28-15-9-6-2/h7,10-13,16H,3,5-6,8-9,14-15H2,1-2,4H3/t16-,23+/m1/s1. The van der Waals surface area contributed by atoms with E-state index in [-0.39, 0.29) is 17.3 Å². The molecule has 0 unspecified atom stereocenters. The highest BCUT2D eigenvalue weighted by Gasteiger charge is 2.54. The number of ether oxygens (including phenoxy) is 3. The number of benzene rings is 1. The van der Waals surface area contributed by atoms with Crippen LogP contribution in [0.1, 0.15) is 56.8 Å². The quantitative estimate of drug-likeness (QED) is 0.269. The van der Waals surface area contributed by atoms with Crippen molar-refractivity contribution in [3.8, 4) is 0 Å². The molecule has 1 aliphatic carbocycles. The summed E-state index contributed by atoms with van der Waals surface area (Å²) in [6.45, 7) is 10.6. The van der Waals surface area contributed by atoms with Gasteiger partial charge in [0.15, 0.2) is 11.4 Å². The Kier molecular flexibility index (Phi) is 8.47. The molecule has 0 heterocycles. The molecule has 5 nitrogen and oxygen atoms in total. The number of esters is 1. The highest BCUT2D eigenvalue weighted by Crippen LogP contribution is 2.43. The Morgan fingerprint density at radius 1 is 1.17 bits per heavy atom. The normalized spacial score (nSPS) is 21.4. The lowest BCUT2D eigenvalue weighted by Crippen LogP contribution is -2.39. The van der Waals surface area contributed by atoms with Crippen molar-refractivity contribution in [2.75, 3.05) is 13.2 Å². The Hall–Kier alpha value is -2.11. The van der Waals surface area contributed by atoms with Gasteiger partial charge in [-0.2, -0.15) is 0 Å². The van der Waals surface area contributed by atoms with E-state index < -0.39 is 17.5 Å². The van der Waals surface area contributed by atoms with Gasteiger partial charge in [0.2, 0.25) is 11.5 Å². The summed E-state index contributed by atoms with van der Waals surface area (Å²) < 4.78 is 17.6. The van der Waals surface area contributed by atoms with Gasteiger partial charge in [-0.25, -0.2) is 4.79 Å². The second-order valence-electron chi connectivity index (χ2n) is 7.04. The first-order chi connectivity index (χ1) is 13.9. The van der Waals surface area contributed by atoms with Crippen LogP contribution < -0.4 is 0 Å². The molecule has 0 amide bonds. The summed E-state index contributed by atoms with van der Waals surface area (Å²) in [6.07, 6.45) is 5.08. The fourth-order valence-electron chi connectivity index (χ4n) is 3.11. The largest absolute Gasteiger partial charge is 0.490 e. The van der Waals surface area contributed by atoms with Crippen molar-refractivity contribution in [2.24, 2.45) is 5.92 Å². The number of Topliss-reactive ketones (excluding diaryl/α,β-unsaturated/α-hetero) is 1. The van der Waals surface area contributed by atoms with Crippen molar-refractivity contribution in [3.05, 3.63) is 59.0 Å². The molecule has 158 valence electrons. The number of hydrogen-bond acceptors (Lipinski definition) is 5. The summed E-state index contributed by atoms with van der Waals surface area (Å²) in [5.74, 6) is -1.47. The molecule has 0 saturated heterocycles. The van der Waals surface area contributed by atoms with Crippen molar-refractivity contribution >= 4 is 23.4 Å². The first-order valence-corrected chi connectivity index (χ1v) is 10.5. The van der Waals surface area contributed by atoms with Gasteiger partial charge in [-0.3, -0.25) is 4.79 Å². The predicted molar refractivity (Wildman–Crippen MR) is 113 cm³/mol. The fraction of sp³-hybridized carbons (Fsp3) is 0.478. The molecule has 0 aromatic heterocycles. The van der Waals surface area contributed by atoms with E-state index in [1.165, 1.54) is 0 Å². The number of ketones is 1. The molecule has 1 aromatic carbocycles. The summed E-state index contributed by atoms with van der Waals surface area (Å²) in [5.41, 5.74) is -0.853. The molecular weight excluding hydrogens is 392 g/mol. The maximum absolute atomic E-state index is 13.0. The third kappa shape index (κ3) is 5.09. The molecule has 1 aromatic rings. The monoisotopic (exact) mass is 420 g/mol. The maximum Gasteiger partial charge on any atom is 0.343 e. The van der Waals surface area contributed by atoms with E-state index in [0.717, 1.165) is 25.7 Å². The summed E-state index contributed by atoms with van der Waals surface area (Å²) >= 11 is 5.88. The summed E-state index contributed by atoms with van der Waals surface area (Å²) in [6, 6.07) is 6.27. The number of hydrogen-bond donors (Lipinski definition) is 0. The highest BCUT2D eigenvalue weighted by molar-refractivity contribution is 6.30. The zero-order valence-corrected chi connectivity index (χ0v) is 18.1. The SMILES string of the molecule is C=C[C@@]1(OCCCC)C(OCCCC)=C(OC(=O)c2ccc(Cl)cc2)C(=O)[C@H]1C. The average Bonchev–Trinajstić information content (AvgIpc) is 2.91. The zero-order valence-electron chi connectivity index (χ0n) is 17.3. The Bertz CT molecular complexity index is 768. The lowest BCUT2D eigenvalue weighted by atomic mass is 9.90. The van der Waals surface area contributed by atoms with Crippen molar-refractivity contribution < 1.29 is 23.8 Å². The smallest absolute Gasteiger partial charge is 0.343 e. The average molecular weight is 421 g/mol. The Balaban J connectivity index is 2.39. The Morgan fingerprint density at radius 2 is 1.79 bits per heavy atom. The molecule has 1 aliphatic rings. The molecule has 0 fully saturated rings. The van der Waals surface area contributed by atoms with Crippen LogP contribution in [0.5, 0.6) is 0 Å². The molecular formula is C23H29ClO5. The van der Waals surface area contributed by atoms with Crippen molar-refractivity contribution in [1.82, 2.24) is 0 Å². The van der Waals surface area contributed by atoms with Gasteiger partial charge < -0.3 is 14.2 Å². The molecule has 2 atom stereocenters. The molecule has 0 bridgehead atoms. The first-order valence-electron chi connectivity index (χ1n) is 10.1. The highest BCUT2D eigenvalue weighted by atomic mass is 35.5. The fourth-order valence-corrected chi connectivity index (χ4v) is 3.24. The van der Waals surface area contributed by atoms with E-state index in [0.29, 0.717) is 23.8 Å². The van der Waals surface area contributed by atoms with Crippen LogP contribution >= 0.6 is 11.6 Å². The minimum absolute atomic E-state index is 0.107. The van der Waals surface area contributed by atoms with Gasteiger partial charge in [0, 0.05) is 11.6 Å². The summed E-state index contributed by atoms with van der Waals surface area (Å²) in [5, 5.41) is 0.505. The number of carbonyl (C=O) groups excluding carboxylic acids is 2. The van der Waals surface area contributed by atoms with Crippen LogP contribution in [0.15, 0.2) is 48.4 Å². The zero-order chi connectivity index (χ0) is 21.4. The van der Waals surface area contributed by atoms with Crippen LogP contribution in [0.3, 0.4) is 0 Å². The second-order valence-corrected chi connectivity index (χ2v) is 7.48. The van der Waals surface area contributed by atoms with Crippen LogP contribution in [0.2, 0.25) is 5.02 Å². The van der Waals surface area contributed by atoms with Gasteiger partial charge in [0.1, 0.15) is 0 Å². The number of halogens is 1. The van der Waals surface area contributed by atoms with E-state index >= 15 is 0 Å². The van der Waals surface area contributed by atoms with E-state index in [4.69, 9.17) is 25.8 Å². The minimum atomic E-state index is -1.14. The lowest BCUT2D eigenvalue weighted by Gasteiger charge is -2.32. The van der Waals surface area contributed by atoms with E-state index in [9.17, 15) is 9.59 Å². The van der Waals surface area contributed by atoms with E-state index in [1.54, 1.807) is 37.3 Å². The molecule has 29 heavy (non-hydrogen) atoms. The maximum atomic E-state index is 13.0. The second kappa shape index (κ2) is 10.6. The third-order valence-corrected chi connectivity index (χ3v) is 5.23. The topological polar surface area (TPSA) is 61.8 Å². The molecule has 2 rings (SSSR count). The molecule has 0 N–H and O–H groups in total. The van der Waals surface area contributed by atoms with Crippen LogP contribution in [0, 0.1) is 5.92 Å². The summed E-state index contributed by atoms with van der Waals surface area (Å²) in [7, 11) is 0. The Morgan fingerprint density at radius 3 is 2.38 bits per heavy atom. The van der Waals surface area contributed by atoms with Gasteiger partial charge in [0.25, 0.3) is 0 Å². The number of rotatable bonds is 11. The van der Waals surface area contributed by atoms with Gasteiger partial charge in [-0.05, 0) is 37.1 Å². The van der Waals surface area contributed by atoms with Gasteiger partial charge in [0.05, 0.1) is 18.1 Å². The van der Waals surface area contributed by atoms with Crippen molar-refractivity contribution in [3.63, 3.8) is 0 Å². The summed E-state index contributed by atoms with van der Waals surface area (Å²) in [4.78, 5) is 25.6. The molecule has 6 heteroatoms. The lowest BCUT2D eigenvalue weighted by molar-refractivity contribution is -0.126. The van der Waals surface area contributed by atoms with E-state index in [1.807, 2.05) is 6.92 Å². The molecule has 0 spiro atoms. The number of allylic oxidation sites excluding steroid dienone is 1. The van der Waals surface area contributed by atoms with Gasteiger partial charge >= 0.3 is 5.97 Å². The minimum Gasteiger partial charge on any atom is -0.490 e. The van der Waals surface area contributed by atoms with Gasteiger partial charge in [-0.15, -0.1) is 0 Å². The van der Waals surface area contributed by atoms with Crippen LogP contribution in [-0.2, 0) is 19.0 Å². The molecule has 0 radical (unpaired) electrons. The van der Waals surface area contributed by atoms with Crippen LogP contribution in [0.4, 0.5) is 0 Å². The Labute approximate surface area is 177 Å². The van der Waals surface area contributed by atoms with Crippen LogP contribution in [-0.4, -0.2) is 30.6 Å². The molecule has 0 saturated carbocycles. The van der Waals surface area contributed by atoms with Crippen molar-refractivity contribution in [2.45, 2.75) is 52.1 Å². The number of carbonyl (C=O) groups is 2. The predicted octanol–water partition coefficient (Wildman–Crippen LogP) is 5.49. The van der Waals surface area contributed by atoms with E-state index in [2.05, 4.69) is 13.5 Å². The van der Waals surface area contributed by atoms with Gasteiger partial charge in [-0.1, -0.05) is 57.9 Å². The van der Waals surface area contributed by atoms with Crippen molar-refractivity contribution in [1.29, 1.82) is 0 Å². The third-order valence-electron chi connectivity index (χ3n) is 4.98. The molecule has 0 aliphatic heterocycles. The number of unbranched alkanes of at least 4 members (excludes halogenated alkanes) is 2. The van der Waals surface area contributed by atoms with Crippen LogP contribution in [0.25, 0.3) is 0 Å².